The van der Waals surface area contributed by atoms with Gasteiger partial charge in [0.15, 0.2) is 0 Å². The molecular formula is C11H23O2P. The van der Waals surface area contributed by atoms with Gasteiger partial charge in [-0.15, -0.1) is 0 Å². The molecule has 1 unspecified atom stereocenters. The first kappa shape index (κ1) is 12.3. The van der Waals surface area contributed by atoms with Crippen LogP contribution in [-0.4, -0.2) is 18.4 Å². The summed E-state index contributed by atoms with van der Waals surface area (Å²) in [5.74, 6) is 0. The molecule has 0 spiro atoms. The molecule has 0 saturated heterocycles. The van der Waals surface area contributed by atoms with Crippen LogP contribution in [0.3, 0.4) is 0 Å². The highest BCUT2D eigenvalue weighted by Crippen LogP contribution is 2.57. The first-order valence-corrected chi connectivity index (χ1v) is 7.84. The normalized spacial score (nSPS) is 22.4. The lowest BCUT2D eigenvalue weighted by atomic mass is 10.4. The Morgan fingerprint density at radius 1 is 1.29 bits per heavy atom. The molecule has 1 saturated carbocycles. The molecular weight excluding hydrogens is 195 g/mol. The quantitative estimate of drug-likeness (QED) is 0.496. The van der Waals surface area contributed by atoms with E-state index in [1.807, 2.05) is 6.92 Å². The average molecular weight is 218 g/mol. The summed E-state index contributed by atoms with van der Waals surface area (Å²) in [5.41, 5.74) is 0.379. The van der Waals surface area contributed by atoms with Gasteiger partial charge in [0.2, 0.25) is 7.37 Å². The van der Waals surface area contributed by atoms with Crippen molar-refractivity contribution in [2.24, 2.45) is 0 Å². The number of hydrogen-bond acceptors (Lipinski definition) is 2. The number of rotatable bonds is 6. The van der Waals surface area contributed by atoms with Crippen LogP contribution in [0, 0.1) is 0 Å². The molecule has 0 radical (unpaired) electrons. The van der Waals surface area contributed by atoms with Crippen LogP contribution in [-0.2, 0) is 9.09 Å². The Labute approximate surface area is 87.9 Å². The van der Waals surface area contributed by atoms with Crippen LogP contribution in [0.15, 0.2) is 0 Å². The Kier molecular flexibility index (Phi) is 5.19. The lowest BCUT2D eigenvalue weighted by Gasteiger charge is -2.22. The van der Waals surface area contributed by atoms with Crippen LogP contribution in [0.25, 0.3) is 0 Å². The molecule has 1 fully saturated rings. The standard InChI is InChI=1S/C11H23O2P/c1-3-5-10-13-14(12,4-2)11-8-6-7-9-11/h11H,3-10H2,1-2H3. The van der Waals surface area contributed by atoms with Crippen LogP contribution in [0.5, 0.6) is 0 Å². The lowest BCUT2D eigenvalue weighted by molar-refractivity contribution is 0.300. The van der Waals surface area contributed by atoms with Gasteiger partial charge in [-0.3, -0.25) is 4.57 Å². The van der Waals surface area contributed by atoms with Crippen molar-refractivity contribution in [1.29, 1.82) is 0 Å². The minimum absolute atomic E-state index is 0.379. The van der Waals surface area contributed by atoms with E-state index in [0.29, 0.717) is 12.3 Å². The molecule has 0 amide bonds. The van der Waals surface area contributed by atoms with Gasteiger partial charge < -0.3 is 4.52 Å². The summed E-state index contributed by atoms with van der Waals surface area (Å²) >= 11 is 0. The maximum atomic E-state index is 12.4. The minimum atomic E-state index is -2.28. The zero-order valence-electron chi connectivity index (χ0n) is 9.50. The summed E-state index contributed by atoms with van der Waals surface area (Å²) in [6.45, 7) is 4.83. The van der Waals surface area contributed by atoms with E-state index in [0.717, 1.165) is 31.8 Å². The van der Waals surface area contributed by atoms with E-state index in [9.17, 15) is 4.57 Å². The smallest absolute Gasteiger partial charge is 0.205 e. The number of unbranched alkanes of at least 4 members (excludes halogenated alkanes) is 1. The third-order valence-corrected chi connectivity index (χ3v) is 6.26. The van der Waals surface area contributed by atoms with Gasteiger partial charge in [0.25, 0.3) is 0 Å². The first-order valence-electron chi connectivity index (χ1n) is 5.96. The Balaban J connectivity index is 2.43. The van der Waals surface area contributed by atoms with Gasteiger partial charge in [-0.1, -0.05) is 33.1 Å². The van der Waals surface area contributed by atoms with E-state index in [1.54, 1.807) is 0 Å². The van der Waals surface area contributed by atoms with E-state index in [2.05, 4.69) is 6.92 Å². The van der Waals surface area contributed by atoms with Gasteiger partial charge in [0.05, 0.1) is 6.61 Å². The summed E-state index contributed by atoms with van der Waals surface area (Å²) in [6.07, 6.45) is 7.61. The first-order chi connectivity index (χ1) is 6.73. The van der Waals surface area contributed by atoms with Crippen molar-refractivity contribution < 1.29 is 9.09 Å². The highest BCUT2D eigenvalue weighted by Gasteiger charge is 2.34. The van der Waals surface area contributed by atoms with Crippen molar-refractivity contribution in [2.75, 3.05) is 12.8 Å². The van der Waals surface area contributed by atoms with Crippen molar-refractivity contribution >= 4 is 7.37 Å². The van der Waals surface area contributed by atoms with E-state index in [1.165, 1.54) is 12.8 Å². The van der Waals surface area contributed by atoms with Gasteiger partial charge in [0.1, 0.15) is 0 Å². The Bertz CT molecular complexity index is 197. The van der Waals surface area contributed by atoms with Crippen LogP contribution in [0.4, 0.5) is 0 Å². The van der Waals surface area contributed by atoms with E-state index >= 15 is 0 Å². The average Bonchev–Trinajstić information content (AvgIpc) is 2.71. The molecule has 2 nitrogen and oxygen atoms in total. The molecule has 0 heterocycles. The van der Waals surface area contributed by atoms with Crippen molar-refractivity contribution in [3.05, 3.63) is 0 Å². The van der Waals surface area contributed by atoms with Crippen LogP contribution < -0.4 is 0 Å². The molecule has 0 N–H and O–H groups in total. The second-order valence-electron chi connectivity index (χ2n) is 4.17. The second kappa shape index (κ2) is 5.92. The maximum absolute atomic E-state index is 12.4. The van der Waals surface area contributed by atoms with E-state index in [4.69, 9.17) is 4.52 Å². The summed E-state index contributed by atoms with van der Waals surface area (Å²) in [6, 6.07) is 0. The van der Waals surface area contributed by atoms with Crippen molar-refractivity contribution in [2.45, 2.75) is 58.0 Å². The van der Waals surface area contributed by atoms with Crippen LogP contribution >= 0.6 is 7.37 Å². The largest absolute Gasteiger partial charge is 0.328 e. The molecule has 0 aromatic heterocycles. The molecule has 1 aliphatic rings. The van der Waals surface area contributed by atoms with E-state index in [-0.39, 0.29) is 0 Å². The zero-order valence-corrected chi connectivity index (χ0v) is 10.4. The predicted octanol–water partition coefficient (Wildman–Crippen LogP) is 4.04. The molecule has 1 atom stereocenters. The van der Waals surface area contributed by atoms with Gasteiger partial charge in [-0.2, -0.15) is 0 Å². The van der Waals surface area contributed by atoms with Crippen molar-refractivity contribution in [1.82, 2.24) is 0 Å². The predicted molar refractivity (Wildman–Crippen MR) is 61.3 cm³/mol. The molecule has 1 rings (SSSR count). The molecule has 0 aromatic rings. The van der Waals surface area contributed by atoms with E-state index < -0.39 is 7.37 Å². The monoisotopic (exact) mass is 218 g/mol. The molecule has 0 aliphatic heterocycles. The maximum Gasteiger partial charge on any atom is 0.205 e. The summed E-state index contributed by atoms with van der Waals surface area (Å²) < 4.78 is 18.1. The Morgan fingerprint density at radius 2 is 1.93 bits per heavy atom. The minimum Gasteiger partial charge on any atom is -0.328 e. The fourth-order valence-electron chi connectivity index (χ4n) is 2.12. The molecule has 0 aromatic carbocycles. The molecule has 1 aliphatic carbocycles. The summed E-state index contributed by atoms with van der Waals surface area (Å²) in [4.78, 5) is 0. The highest BCUT2D eigenvalue weighted by atomic mass is 31.2. The summed E-state index contributed by atoms with van der Waals surface area (Å²) in [7, 11) is -2.28. The van der Waals surface area contributed by atoms with Gasteiger partial charge in [-0.05, 0) is 19.3 Å². The molecule has 3 heteroatoms. The summed E-state index contributed by atoms with van der Waals surface area (Å²) in [5, 5.41) is 0. The fourth-order valence-corrected chi connectivity index (χ4v) is 4.62. The van der Waals surface area contributed by atoms with Crippen LogP contribution in [0.2, 0.25) is 0 Å². The van der Waals surface area contributed by atoms with Crippen LogP contribution in [0.1, 0.15) is 52.4 Å². The lowest BCUT2D eigenvalue weighted by Crippen LogP contribution is -2.09. The number of hydrogen-bond donors (Lipinski definition) is 0. The molecule has 14 heavy (non-hydrogen) atoms. The third-order valence-electron chi connectivity index (χ3n) is 3.13. The molecule has 84 valence electrons. The van der Waals surface area contributed by atoms with Gasteiger partial charge in [0, 0.05) is 11.8 Å². The van der Waals surface area contributed by atoms with Gasteiger partial charge in [-0.25, -0.2) is 0 Å². The second-order valence-corrected chi connectivity index (χ2v) is 7.24. The SMILES string of the molecule is CCCCOP(=O)(CC)C1CCCC1. The van der Waals surface area contributed by atoms with Crippen molar-refractivity contribution in [3.8, 4) is 0 Å². The Morgan fingerprint density at radius 3 is 2.43 bits per heavy atom. The highest BCUT2D eigenvalue weighted by molar-refractivity contribution is 7.59. The third kappa shape index (κ3) is 3.10. The molecule has 0 bridgehead atoms. The fraction of sp³-hybridized carbons (Fsp3) is 1.00. The Hall–Kier alpha value is 0.190. The topological polar surface area (TPSA) is 26.3 Å². The zero-order chi connectivity index (χ0) is 10.4. The van der Waals surface area contributed by atoms with Crippen molar-refractivity contribution in [3.63, 3.8) is 0 Å². The van der Waals surface area contributed by atoms with Gasteiger partial charge >= 0.3 is 0 Å².